The lowest BCUT2D eigenvalue weighted by atomic mass is 9.98. The van der Waals surface area contributed by atoms with E-state index in [1.807, 2.05) is 49.6 Å². The lowest BCUT2D eigenvalue weighted by molar-refractivity contribution is 0.0680. The highest BCUT2D eigenvalue weighted by Gasteiger charge is 2.22. The molecule has 3 amide bonds. The first-order valence-electron chi connectivity index (χ1n) is 12.0. The number of nitrogens with zero attached hydrogens (tertiary/aromatic N) is 2. The van der Waals surface area contributed by atoms with Crippen LogP contribution < -0.4 is 10.6 Å². The van der Waals surface area contributed by atoms with E-state index in [0.29, 0.717) is 35.7 Å². The molecule has 0 aliphatic rings. The molecular weight excluding hydrogens is 476 g/mol. The van der Waals surface area contributed by atoms with Crippen molar-refractivity contribution >= 4 is 29.7 Å². The van der Waals surface area contributed by atoms with Crippen LogP contribution in [0.15, 0.2) is 53.6 Å². The lowest BCUT2D eigenvalue weighted by Gasteiger charge is -2.13. The van der Waals surface area contributed by atoms with Crippen LogP contribution in [0.4, 0.5) is 4.79 Å². The van der Waals surface area contributed by atoms with Crippen LogP contribution in [0.1, 0.15) is 65.3 Å². The van der Waals surface area contributed by atoms with E-state index in [0.717, 1.165) is 36.2 Å². The van der Waals surface area contributed by atoms with Crippen molar-refractivity contribution in [3.05, 3.63) is 71.2 Å². The summed E-state index contributed by atoms with van der Waals surface area (Å²) in [6.07, 6.45) is 5.24. The van der Waals surface area contributed by atoms with Gasteiger partial charge in [-0.2, -0.15) is 0 Å². The number of urea groups is 1. The fourth-order valence-corrected chi connectivity index (χ4v) is 4.47. The summed E-state index contributed by atoms with van der Waals surface area (Å²) in [5.74, 6) is -0.696. The van der Waals surface area contributed by atoms with Crippen LogP contribution in [0, 0.1) is 0 Å². The maximum absolute atomic E-state index is 12.7. The highest BCUT2D eigenvalue weighted by molar-refractivity contribution is 7.98. The van der Waals surface area contributed by atoms with Crippen LogP contribution in [0.2, 0.25) is 0 Å². The van der Waals surface area contributed by atoms with Crippen molar-refractivity contribution in [3.63, 3.8) is 0 Å². The van der Waals surface area contributed by atoms with Gasteiger partial charge in [-0.15, -0.1) is 11.8 Å². The zero-order chi connectivity index (χ0) is 26.1. The fourth-order valence-electron chi connectivity index (χ4n) is 3.88. The van der Waals surface area contributed by atoms with Gasteiger partial charge in [-0.1, -0.05) is 62.7 Å². The second-order valence-electron chi connectivity index (χ2n) is 8.33. The Hall–Kier alpha value is -3.59. The summed E-state index contributed by atoms with van der Waals surface area (Å²) in [5, 5.41) is 15.4. The number of nitrogens with one attached hydrogen (secondary N) is 2. The molecule has 0 aliphatic heterocycles. The van der Waals surface area contributed by atoms with E-state index >= 15 is 0 Å². The minimum Gasteiger partial charge on any atom is -0.476 e. The van der Waals surface area contributed by atoms with E-state index in [9.17, 15) is 19.5 Å². The number of carboxylic acids is 1. The van der Waals surface area contributed by atoms with E-state index in [-0.39, 0.29) is 5.69 Å². The van der Waals surface area contributed by atoms with Crippen molar-refractivity contribution in [3.8, 4) is 11.1 Å². The minimum atomic E-state index is -0.992. The van der Waals surface area contributed by atoms with Gasteiger partial charge in [-0.25, -0.2) is 14.6 Å². The molecule has 190 valence electrons. The second kappa shape index (κ2) is 12.9. The summed E-state index contributed by atoms with van der Waals surface area (Å²) in [5.41, 5.74) is 3.04. The molecule has 0 fully saturated rings. The van der Waals surface area contributed by atoms with Gasteiger partial charge in [0.15, 0.2) is 5.69 Å². The minimum absolute atomic E-state index is 0.209. The molecule has 8 nitrogen and oxygen atoms in total. The van der Waals surface area contributed by atoms with Gasteiger partial charge in [-0.3, -0.25) is 10.1 Å². The average Bonchev–Trinajstić information content (AvgIpc) is 3.24. The number of hydrogen-bond acceptors (Lipinski definition) is 5. The standard InChI is InChI=1S/C27H32N4O4S/c1-4-6-11-22-29-25(36-3)23(26(33)34)31(22)17-18-12-14-19(15-13-18)20-9-7-8-10-21(20)24(32)30-27(35)28-16-5-2/h7-10,12-15H,4-6,11,16-17H2,1-3H3,(H,33,34)(H2,28,30,32,35). The predicted octanol–water partition coefficient (Wildman–Crippen LogP) is 5.21. The Morgan fingerprint density at radius 1 is 1.03 bits per heavy atom. The first-order chi connectivity index (χ1) is 17.4. The molecule has 3 aromatic rings. The highest BCUT2D eigenvalue weighted by atomic mass is 32.2. The predicted molar refractivity (Wildman–Crippen MR) is 142 cm³/mol. The van der Waals surface area contributed by atoms with Gasteiger partial charge in [0.25, 0.3) is 5.91 Å². The number of rotatable bonds is 11. The first kappa shape index (κ1) is 27.0. The van der Waals surface area contributed by atoms with Crippen LogP contribution in [-0.4, -0.2) is 45.4 Å². The van der Waals surface area contributed by atoms with Crippen molar-refractivity contribution in [2.75, 3.05) is 12.8 Å². The number of imide groups is 1. The number of carbonyl (C=O) groups excluding carboxylic acids is 2. The number of carboxylic acid groups (broad SMARTS) is 1. The van der Waals surface area contributed by atoms with E-state index in [1.165, 1.54) is 11.8 Å². The SMILES string of the molecule is CCCCc1nc(SC)c(C(=O)O)n1Cc1ccc(-c2ccccc2C(=O)NC(=O)NCCC)cc1. The van der Waals surface area contributed by atoms with Gasteiger partial charge in [0.2, 0.25) is 0 Å². The number of hydrogen-bond donors (Lipinski definition) is 3. The monoisotopic (exact) mass is 508 g/mol. The van der Waals surface area contributed by atoms with Gasteiger partial charge in [0.1, 0.15) is 10.9 Å². The fraction of sp³-hybridized carbons (Fsp3) is 0.333. The Bertz CT molecular complexity index is 1220. The molecule has 0 spiro atoms. The van der Waals surface area contributed by atoms with E-state index in [2.05, 4.69) is 22.5 Å². The molecule has 9 heteroatoms. The molecule has 0 aliphatic carbocycles. The summed E-state index contributed by atoms with van der Waals surface area (Å²) < 4.78 is 1.79. The van der Waals surface area contributed by atoms with Crippen molar-refractivity contribution in [1.29, 1.82) is 0 Å². The smallest absolute Gasteiger partial charge is 0.355 e. The maximum atomic E-state index is 12.7. The molecule has 0 radical (unpaired) electrons. The van der Waals surface area contributed by atoms with Crippen LogP contribution in [-0.2, 0) is 13.0 Å². The number of aromatic nitrogens is 2. The third-order valence-corrected chi connectivity index (χ3v) is 6.38. The number of aryl methyl sites for hydroxylation is 1. The molecule has 1 heterocycles. The summed E-state index contributed by atoms with van der Waals surface area (Å²) in [4.78, 5) is 41.3. The average molecular weight is 509 g/mol. The van der Waals surface area contributed by atoms with Crippen LogP contribution in [0.3, 0.4) is 0 Å². The third kappa shape index (κ3) is 6.54. The van der Waals surface area contributed by atoms with Gasteiger partial charge in [0.05, 0.1) is 0 Å². The highest BCUT2D eigenvalue weighted by Crippen LogP contribution is 2.27. The second-order valence-corrected chi connectivity index (χ2v) is 9.13. The summed E-state index contributed by atoms with van der Waals surface area (Å²) in [6.45, 7) is 4.90. The molecule has 0 atom stereocenters. The Morgan fingerprint density at radius 3 is 2.39 bits per heavy atom. The number of unbranched alkanes of at least 4 members (excludes halogenated alkanes) is 1. The Kier molecular flexibility index (Phi) is 9.69. The number of thioether (sulfide) groups is 1. The normalized spacial score (nSPS) is 10.8. The number of carbonyl (C=O) groups is 3. The molecule has 0 saturated heterocycles. The maximum Gasteiger partial charge on any atom is 0.355 e. The molecule has 36 heavy (non-hydrogen) atoms. The Labute approximate surface area is 215 Å². The van der Waals surface area contributed by atoms with Crippen LogP contribution in [0.25, 0.3) is 11.1 Å². The molecule has 1 aromatic heterocycles. The molecule has 0 bridgehead atoms. The molecule has 3 rings (SSSR count). The number of amides is 3. The van der Waals surface area contributed by atoms with Gasteiger partial charge >= 0.3 is 12.0 Å². The molecule has 2 aromatic carbocycles. The van der Waals surface area contributed by atoms with Gasteiger partial charge in [-0.05, 0) is 41.9 Å². The van der Waals surface area contributed by atoms with E-state index in [4.69, 9.17) is 0 Å². The molecule has 3 N–H and O–H groups in total. The molecule has 0 unspecified atom stereocenters. The van der Waals surface area contributed by atoms with Crippen molar-refractivity contribution in [1.82, 2.24) is 20.2 Å². The summed E-state index contributed by atoms with van der Waals surface area (Å²) in [7, 11) is 0. The van der Waals surface area contributed by atoms with Gasteiger partial charge in [0, 0.05) is 25.1 Å². The van der Waals surface area contributed by atoms with E-state index in [1.54, 1.807) is 16.7 Å². The van der Waals surface area contributed by atoms with Crippen LogP contribution >= 0.6 is 11.8 Å². The van der Waals surface area contributed by atoms with Crippen molar-refractivity contribution in [2.45, 2.75) is 51.1 Å². The lowest BCUT2D eigenvalue weighted by Crippen LogP contribution is -2.39. The zero-order valence-corrected chi connectivity index (χ0v) is 21.7. The van der Waals surface area contributed by atoms with Gasteiger partial charge < -0.3 is 15.0 Å². The molecule has 0 saturated carbocycles. The number of benzene rings is 2. The van der Waals surface area contributed by atoms with Crippen molar-refractivity contribution < 1.29 is 19.5 Å². The Balaban J connectivity index is 1.86. The zero-order valence-electron chi connectivity index (χ0n) is 20.8. The largest absolute Gasteiger partial charge is 0.476 e. The van der Waals surface area contributed by atoms with E-state index < -0.39 is 17.9 Å². The number of imidazole rings is 1. The summed E-state index contributed by atoms with van der Waals surface area (Å²) in [6, 6.07) is 14.2. The third-order valence-electron chi connectivity index (χ3n) is 5.70. The number of aromatic carboxylic acids is 1. The van der Waals surface area contributed by atoms with Crippen molar-refractivity contribution in [2.24, 2.45) is 0 Å². The first-order valence-corrected chi connectivity index (χ1v) is 13.3. The quantitative estimate of drug-likeness (QED) is 0.307. The Morgan fingerprint density at radius 2 is 1.75 bits per heavy atom. The summed E-state index contributed by atoms with van der Waals surface area (Å²) >= 11 is 1.34. The molecular formula is C27H32N4O4S. The van der Waals surface area contributed by atoms with Crippen LogP contribution in [0.5, 0.6) is 0 Å². The topological polar surface area (TPSA) is 113 Å².